The molecule has 0 aromatic carbocycles. The van der Waals surface area contributed by atoms with Crippen LogP contribution in [0.3, 0.4) is 0 Å². The van der Waals surface area contributed by atoms with Crippen LogP contribution < -0.4 is 10.1 Å². The number of hydrogen-bond donors (Lipinski definition) is 1. The molecule has 14 heavy (non-hydrogen) atoms. The van der Waals surface area contributed by atoms with E-state index in [9.17, 15) is 0 Å². The molecule has 1 aromatic heterocycles. The lowest BCUT2D eigenvalue weighted by Crippen LogP contribution is -2.46. The first-order valence-corrected chi connectivity index (χ1v) is 5.53. The van der Waals surface area contributed by atoms with Crippen LogP contribution in [-0.2, 0) is 0 Å². The van der Waals surface area contributed by atoms with Crippen molar-refractivity contribution in [2.24, 2.45) is 0 Å². The first-order chi connectivity index (χ1) is 6.75. The minimum atomic E-state index is 0.523. The van der Waals surface area contributed by atoms with Gasteiger partial charge in [-0.2, -0.15) is 0 Å². The number of halogens is 1. The summed E-state index contributed by atoms with van der Waals surface area (Å²) in [4.78, 5) is 4.21. The zero-order chi connectivity index (χ0) is 9.97. The summed E-state index contributed by atoms with van der Waals surface area (Å²) in [6, 6.07) is 2.48. The third-order valence-electron chi connectivity index (χ3n) is 2.38. The van der Waals surface area contributed by atoms with E-state index in [1.165, 1.54) is 6.42 Å². The molecule has 1 aromatic rings. The topological polar surface area (TPSA) is 34.1 Å². The molecule has 1 N–H and O–H groups in total. The van der Waals surface area contributed by atoms with E-state index in [-0.39, 0.29) is 0 Å². The van der Waals surface area contributed by atoms with Crippen LogP contribution in [-0.4, -0.2) is 24.2 Å². The van der Waals surface area contributed by atoms with Crippen LogP contribution in [0.25, 0.3) is 0 Å². The number of aryl methyl sites for hydroxylation is 1. The highest BCUT2D eigenvalue weighted by Gasteiger charge is 2.16. The van der Waals surface area contributed by atoms with Crippen LogP contribution in [0.2, 0.25) is 0 Å². The molecule has 0 saturated carbocycles. The number of aromatic nitrogens is 1. The van der Waals surface area contributed by atoms with Crippen molar-refractivity contribution < 1.29 is 4.74 Å². The van der Waals surface area contributed by atoms with E-state index in [1.54, 1.807) is 6.20 Å². The van der Waals surface area contributed by atoms with Gasteiger partial charge in [0.25, 0.3) is 0 Å². The molecule has 1 atom stereocenters. The van der Waals surface area contributed by atoms with Crippen molar-refractivity contribution in [1.29, 1.82) is 0 Å². The Hall–Kier alpha value is -0.610. The predicted molar refractivity (Wildman–Crippen MR) is 58.6 cm³/mol. The summed E-state index contributed by atoms with van der Waals surface area (Å²) in [6.45, 7) is 3.81. The molecule has 0 bridgehead atoms. The van der Waals surface area contributed by atoms with Crippen molar-refractivity contribution in [2.75, 3.05) is 13.2 Å². The molecule has 0 amide bonds. The fraction of sp³-hybridized carbons (Fsp3) is 0.500. The molecule has 1 aliphatic rings. The predicted octanol–water partition coefficient (Wildman–Crippen LogP) is 1.89. The molecule has 76 valence electrons. The van der Waals surface area contributed by atoms with Gasteiger partial charge >= 0.3 is 0 Å². The van der Waals surface area contributed by atoms with Gasteiger partial charge in [-0.25, -0.2) is 0 Å². The summed E-state index contributed by atoms with van der Waals surface area (Å²) in [6.07, 6.45) is 2.97. The quantitative estimate of drug-likeness (QED) is 0.897. The van der Waals surface area contributed by atoms with Gasteiger partial charge in [-0.05, 0) is 41.9 Å². The van der Waals surface area contributed by atoms with Gasteiger partial charge < -0.3 is 10.1 Å². The maximum absolute atomic E-state index is 5.59. The minimum Gasteiger partial charge on any atom is -0.490 e. The maximum Gasteiger partial charge on any atom is 0.138 e. The fourth-order valence-electron chi connectivity index (χ4n) is 1.26. The number of nitrogens with zero attached hydrogens (tertiary/aromatic N) is 1. The highest BCUT2D eigenvalue weighted by Crippen LogP contribution is 2.20. The largest absolute Gasteiger partial charge is 0.490 e. The van der Waals surface area contributed by atoms with Crippen molar-refractivity contribution in [1.82, 2.24) is 10.3 Å². The van der Waals surface area contributed by atoms with Crippen molar-refractivity contribution in [3.8, 4) is 5.75 Å². The fourth-order valence-corrected chi connectivity index (χ4v) is 1.58. The van der Waals surface area contributed by atoms with Gasteiger partial charge in [-0.1, -0.05) is 0 Å². The SMILES string of the molecule is Cc1ncc(OCC2CCN2)cc1Br. The number of nitrogens with one attached hydrogen (secondary N) is 1. The summed E-state index contributed by atoms with van der Waals surface area (Å²) in [5, 5.41) is 3.28. The van der Waals surface area contributed by atoms with Gasteiger partial charge in [0.2, 0.25) is 0 Å². The van der Waals surface area contributed by atoms with E-state index in [4.69, 9.17) is 4.74 Å². The summed E-state index contributed by atoms with van der Waals surface area (Å²) in [7, 11) is 0. The third-order valence-corrected chi connectivity index (χ3v) is 3.18. The zero-order valence-corrected chi connectivity index (χ0v) is 9.67. The Labute approximate surface area is 92.0 Å². The summed E-state index contributed by atoms with van der Waals surface area (Å²) in [5.74, 6) is 0.830. The Bertz CT molecular complexity index is 326. The van der Waals surface area contributed by atoms with Gasteiger partial charge in [-0.3, -0.25) is 4.98 Å². The first kappa shape index (κ1) is 9.93. The normalized spacial score (nSPS) is 20.3. The van der Waals surface area contributed by atoms with E-state index < -0.39 is 0 Å². The highest BCUT2D eigenvalue weighted by atomic mass is 79.9. The number of ether oxygens (including phenoxy) is 1. The highest BCUT2D eigenvalue weighted by molar-refractivity contribution is 9.10. The molecule has 2 rings (SSSR count). The second kappa shape index (κ2) is 4.28. The van der Waals surface area contributed by atoms with Crippen LogP contribution in [0.1, 0.15) is 12.1 Å². The van der Waals surface area contributed by atoms with Crippen LogP contribution in [0.5, 0.6) is 5.75 Å². The Morgan fingerprint density at radius 2 is 2.50 bits per heavy atom. The van der Waals surface area contributed by atoms with Gasteiger partial charge in [-0.15, -0.1) is 0 Å². The van der Waals surface area contributed by atoms with E-state index >= 15 is 0 Å². The minimum absolute atomic E-state index is 0.523. The maximum atomic E-state index is 5.59. The third kappa shape index (κ3) is 2.25. The molecule has 0 radical (unpaired) electrons. The number of pyridine rings is 1. The Balaban J connectivity index is 1.91. The molecule has 0 spiro atoms. The molecular weight excluding hydrogens is 244 g/mol. The lowest BCUT2D eigenvalue weighted by atomic mass is 10.1. The zero-order valence-electron chi connectivity index (χ0n) is 8.09. The van der Waals surface area contributed by atoms with Gasteiger partial charge in [0.05, 0.1) is 11.9 Å². The van der Waals surface area contributed by atoms with E-state index in [1.807, 2.05) is 13.0 Å². The average molecular weight is 257 g/mol. The molecule has 2 heterocycles. The van der Waals surface area contributed by atoms with E-state index in [0.717, 1.165) is 29.1 Å². The lowest BCUT2D eigenvalue weighted by molar-refractivity contribution is 0.217. The van der Waals surface area contributed by atoms with Crippen LogP contribution in [0, 0.1) is 6.92 Å². The summed E-state index contributed by atoms with van der Waals surface area (Å²) in [5.41, 5.74) is 0.985. The van der Waals surface area contributed by atoms with Crippen molar-refractivity contribution in [3.05, 3.63) is 22.4 Å². The van der Waals surface area contributed by atoms with Crippen molar-refractivity contribution >= 4 is 15.9 Å². The van der Waals surface area contributed by atoms with Gasteiger partial charge in [0, 0.05) is 10.5 Å². The Morgan fingerprint density at radius 1 is 1.71 bits per heavy atom. The van der Waals surface area contributed by atoms with Crippen LogP contribution in [0.15, 0.2) is 16.7 Å². The lowest BCUT2D eigenvalue weighted by Gasteiger charge is -2.27. The average Bonchev–Trinajstić information content (AvgIpc) is 2.08. The van der Waals surface area contributed by atoms with E-state index in [2.05, 4.69) is 26.2 Å². The van der Waals surface area contributed by atoms with Gasteiger partial charge in [0.15, 0.2) is 0 Å². The number of rotatable bonds is 3. The smallest absolute Gasteiger partial charge is 0.138 e. The summed E-state index contributed by atoms with van der Waals surface area (Å²) < 4.78 is 6.59. The van der Waals surface area contributed by atoms with Crippen molar-refractivity contribution in [3.63, 3.8) is 0 Å². The molecule has 1 unspecified atom stereocenters. The second-order valence-corrected chi connectivity index (χ2v) is 4.34. The Kier molecular flexibility index (Phi) is 3.03. The van der Waals surface area contributed by atoms with Crippen molar-refractivity contribution in [2.45, 2.75) is 19.4 Å². The number of hydrogen-bond acceptors (Lipinski definition) is 3. The molecule has 4 heteroatoms. The second-order valence-electron chi connectivity index (χ2n) is 3.49. The molecule has 1 fully saturated rings. The van der Waals surface area contributed by atoms with E-state index in [0.29, 0.717) is 6.04 Å². The molecule has 0 aliphatic carbocycles. The monoisotopic (exact) mass is 256 g/mol. The molecular formula is C10H13BrN2O. The first-order valence-electron chi connectivity index (χ1n) is 4.74. The molecule has 3 nitrogen and oxygen atoms in total. The molecule has 1 aliphatic heterocycles. The Morgan fingerprint density at radius 3 is 3.07 bits per heavy atom. The van der Waals surface area contributed by atoms with Crippen LogP contribution >= 0.6 is 15.9 Å². The molecule has 1 saturated heterocycles. The van der Waals surface area contributed by atoms with Gasteiger partial charge in [0.1, 0.15) is 12.4 Å². The van der Waals surface area contributed by atoms with Crippen LogP contribution in [0.4, 0.5) is 0 Å². The standard InChI is InChI=1S/C10H13BrN2O/c1-7-10(11)4-9(5-13-7)14-6-8-2-3-12-8/h4-5,8,12H,2-3,6H2,1H3. The summed E-state index contributed by atoms with van der Waals surface area (Å²) >= 11 is 3.43.